The van der Waals surface area contributed by atoms with Crippen LogP contribution in [0.15, 0.2) is 84.9 Å². The molecular weight excluding hydrogens is 408 g/mol. The Balaban J connectivity index is 1.72. The third-order valence-corrected chi connectivity index (χ3v) is 6.50. The number of anilines is 1. The van der Waals surface area contributed by atoms with Crippen molar-refractivity contribution < 1.29 is 9.63 Å². The molecule has 1 heterocycles. The van der Waals surface area contributed by atoms with Crippen LogP contribution in [0.5, 0.6) is 0 Å². The maximum Gasteiger partial charge on any atom is 0.221 e. The number of nitrogens with one attached hydrogen (secondary N) is 1. The minimum Gasteiger partial charge on any atom is -0.326 e. The van der Waals surface area contributed by atoms with Crippen molar-refractivity contribution >= 4 is 11.6 Å². The number of nitrogens with zero attached hydrogens (tertiary/aromatic N) is 1. The van der Waals surface area contributed by atoms with E-state index in [1.807, 2.05) is 12.1 Å². The largest absolute Gasteiger partial charge is 0.326 e. The van der Waals surface area contributed by atoms with Crippen LogP contribution < -0.4 is 5.32 Å². The van der Waals surface area contributed by atoms with Gasteiger partial charge in [0.05, 0.1) is 0 Å². The molecule has 33 heavy (non-hydrogen) atoms. The standard InChI is InChI=1S/C29H34N2O2/c1-23(22-25-16-18-28(19-17-25)30-24(2)32)29(26-12-6-3-7-13-26,27-14-8-4-9-15-27)33-31-20-10-5-11-21-31/h3-4,6-9,12-19,23H,5,10-11,20-22H2,1-2H3,(H,30,32). The predicted octanol–water partition coefficient (Wildman–Crippen LogP) is 6.18. The second-order valence-electron chi connectivity index (χ2n) is 9.03. The Labute approximate surface area is 197 Å². The molecule has 4 heteroatoms. The zero-order valence-corrected chi connectivity index (χ0v) is 19.7. The summed E-state index contributed by atoms with van der Waals surface area (Å²) in [6.07, 6.45) is 4.44. The van der Waals surface area contributed by atoms with E-state index in [-0.39, 0.29) is 11.8 Å². The second kappa shape index (κ2) is 10.8. The van der Waals surface area contributed by atoms with Crippen LogP contribution in [0.1, 0.15) is 49.8 Å². The topological polar surface area (TPSA) is 41.6 Å². The van der Waals surface area contributed by atoms with Gasteiger partial charge >= 0.3 is 0 Å². The number of benzene rings is 3. The van der Waals surface area contributed by atoms with Crippen molar-refractivity contribution in [2.45, 2.75) is 45.1 Å². The Bertz CT molecular complexity index is 973. The molecule has 1 amide bonds. The number of carbonyl (C=O) groups is 1. The maximum atomic E-state index is 11.4. The molecule has 172 valence electrons. The second-order valence-corrected chi connectivity index (χ2v) is 9.03. The van der Waals surface area contributed by atoms with Crippen LogP contribution in [-0.2, 0) is 21.7 Å². The molecule has 4 nitrogen and oxygen atoms in total. The van der Waals surface area contributed by atoms with Gasteiger partial charge in [0.1, 0.15) is 5.60 Å². The number of piperidine rings is 1. The Kier molecular flexibility index (Phi) is 7.58. The molecule has 1 aliphatic heterocycles. The molecule has 0 bridgehead atoms. The van der Waals surface area contributed by atoms with Crippen LogP contribution in [0, 0.1) is 5.92 Å². The van der Waals surface area contributed by atoms with Crippen LogP contribution in [0.4, 0.5) is 5.69 Å². The first kappa shape index (κ1) is 23.2. The fraction of sp³-hybridized carbons (Fsp3) is 0.345. The minimum absolute atomic E-state index is 0.0572. The van der Waals surface area contributed by atoms with E-state index in [4.69, 9.17) is 4.84 Å². The highest BCUT2D eigenvalue weighted by molar-refractivity contribution is 5.88. The zero-order chi connectivity index (χ0) is 23.1. The van der Waals surface area contributed by atoms with Crippen molar-refractivity contribution in [1.29, 1.82) is 0 Å². The summed E-state index contributed by atoms with van der Waals surface area (Å²) >= 11 is 0. The van der Waals surface area contributed by atoms with Crippen LogP contribution in [0.2, 0.25) is 0 Å². The lowest BCUT2D eigenvalue weighted by atomic mass is 9.74. The zero-order valence-electron chi connectivity index (χ0n) is 19.7. The number of hydroxylamine groups is 2. The number of hydrogen-bond acceptors (Lipinski definition) is 3. The molecule has 0 aromatic heterocycles. The SMILES string of the molecule is CC(=O)Nc1ccc(CC(C)C(ON2CCCCC2)(c2ccccc2)c2ccccc2)cc1. The van der Waals surface area contributed by atoms with E-state index in [1.165, 1.54) is 42.9 Å². The van der Waals surface area contributed by atoms with E-state index >= 15 is 0 Å². The minimum atomic E-state index is -0.601. The maximum absolute atomic E-state index is 11.4. The summed E-state index contributed by atoms with van der Waals surface area (Å²) in [5, 5.41) is 5.03. The van der Waals surface area contributed by atoms with Gasteiger partial charge in [0.15, 0.2) is 0 Å². The van der Waals surface area contributed by atoms with E-state index in [2.05, 4.69) is 90.1 Å². The van der Waals surface area contributed by atoms with Crippen LogP contribution >= 0.6 is 0 Å². The highest BCUT2D eigenvalue weighted by Gasteiger charge is 2.43. The number of hydrogen-bond donors (Lipinski definition) is 1. The third-order valence-electron chi connectivity index (χ3n) is 6.50. The Morgan fingerprint density at radius 1 is 0.879 bits per heavy atom. The van der Waals surface area contributed by atoms with Crippen molar-refractivity contribution in [2.24, 2.45) is 5.92 Å². The van der Waals surface area contributed by atoms with Gasteiger partial charge in [-0.05, 0) is 54.0 Å². The van der Waals surface area contributed by atoms with Crippen LogP contribution in [0.3, 0.4) is 0 Å². The number of carbonyl (C=O) groups excluding carboxylic acids is 1. The summed E-state index contributed by atoms with van der Waals surface area (Å²) in [5.74, 6) is 0.106. The van der Waals surface area contributed by atoms with E-state index < -0.39 is 5.60 Å². The van der Waals surface area contributed by atoms with Crippen LogP contribution in [-0.4, -0.2) is 24.1 Å². The fourth-order valence-electron chi connectivity index (χ4n) is 4.89. The molecular formula is C29H34N2O2. The van der Waals surface area contributed by atoms with E-state index in [0.717, 1.165) is 25.2 Å². The molecule has 0 aliphatic carbocycles. The van der Waals surface area contributed by atoms with E-state index in [0.29, 0.717) is 0 Å². The molecule has 0 radical (unpaired) electrons. The molecule has 1 N–H and O–H groups in total. The van der Waals surface area contributed by atoms with Gasteiger partial charge < -0.3 is 5.32 Å². The van der Waals surface area contributed by atoms with Crippen molar-refractivity contribution in [1.82, 2.24) is 5.06 Å². The van der Waals surface area contributed by atoms with Gasteiger partial charge in [0.25, 0.3) is 0 Å². The van der Waals surface area contributed by atoms with Crippen molar-refractivity contribution in [3.05, 3.63) is 102 Å². The van der Waals surface area contributed by atoms with Gasteiger partial charge in [-0.2, -0.15) is 5.06 Å². The van der Waals surface area contributed by atoms with Gasteiger partial charge in [-0.3, -0.25) is 9.63 Å². The Morgan fingerprint density at radius 2 is 1.42 bits per heavy atom. The first-order valence-corrected chi connectivity index (χ1v) is 12.0. The third kappa shape index (κ3) is 5.52. The summed E-state index contributed by atoms with van der Waals surface area (Å²) in [6.45, 7) is 5.73. The lowest BCUT2D eigenvalue weighted by Gasteiger charge is -2.44. The van der Waals surface area contributed by atoms with Gasteiger partial charge in [0.2, 0.25) is 5.91 Å². The highest BCUT2D eigenvalue weighted by Crippen LogP contribution is 2.43. The number of rotatable bonds is 8. The molecule has 1 atom stereocenters. The van der Waals surface area contributed by atoms with Crippen molar-refractivity contribution in [3.8, 4) is 0 Å². The summed E-state index contributed by atoms with van der Waals surface area (Å²) in [6, 6.07) is 29.4. The summed E-state index contributed by atoms with van der Waals surface area (Å²) in [4.78, 5) is 18.4. The molecule has 0 spiro atoms. The first-order valence-electron chi connectivity index (χ1n) is 12.0. The van der Waals surface area contributed by atoms with E-state index in [1.54, 1.807) is 0 Å². The molecule has 1 fully saturated rings. The highest BCUT2D eigenvalue weighted by atomic mass is 16.7. The lowest BCUT2D eigenvalue weighted by molar-refractivity contribution is -0.259. The molecule has 1 aliphatic rings. The van der Waals surface area contributed by atoms with Crippen molar-refractivity contribution in [2.75, 3.05) is 18.4 Å². The van der Waals surface area contributed by atoms with Gasteiger partial charge in [-0.1, -0.05) is 86.1 Å². The van der Waals surface area contributed by atoms with Gasteiger partial charge in [-0.25, -0.2) is 0 Å². The summed E-state index contributed by atoms with van der Waals surface area (Å²) < 4.78 is 0. The average molecular weight is 443 g/mol. The monoisotopic (exact) mass is 442 g/mol. The number of amides is 1. The van der Waals surface area contributed by atoms with Crippen molar-refractivity contribution in [3.63, 3.8) is 0 Å². The quantitative estimate of drug-likeness (QED) is 0.453. The summed E-state index contributed by atoms with van der Waals surface area (Å²) in [7, 11) is 0. The van der Waals surface area contributed by atoms with E-state index in [9.17, 15) is 4.79 Å². The predicted molar refractivity (Wildman–Crippen MR) is 134 cm³/mol. The molecule has 4 rings (SSSR count). The van der Waals surface area contributed by atoms with Crippen LogP contribution in [0.25, 0.3) is 0 Å². The van der Waals surface area contributed by atoms with Gasteiger partial charge in [-0.15, -0.1) is 0 Å². The molecule has 3 aromatic carbocycles. The first-order chi connectivity index (χ1) is 16.1. The Morgan fingerprint density at radius 3 is 1.94 bits per heavy atom. The normalized spacial score (nSPS) is 15.7. The van der Waals surface area contributed by atoms with Gasteiger partial charge in [0, 0.05) is 25.7 Å². The summed E-state index contributed by atoms with van der Waals surface area (Å²) in [5.41, 5.74) is 3.78. The fourth-order valence-corrected chi connectivity index (χ4v) is 4.89. The molecule has 3 aromatic rings. The molecule has 0 saturated carbocycles. The molecule has 1 unspecified atom stereocenters. The Hall–Kier alpha value is -2.95. The lowest BCUT2D eigenvalue weighted by Crippen LogP contribution is -2.46. The smallest absolute Gasteiger partial charge is 0.221 e. The molecule has 1 saturated heterocycles. The average Bonchev–Trinajstić information content (AvgIpc) is 2.85.